The van der Waals surface area contributed by atoms with E-state index < -0.39 is 108 Å². The minimum Gasteiger partial charge on any atom is -0.459 e. The van der Waals surface area contributed by atoms with Gasteiger partial charge in [0.1, 0.15) is 30.5 Å². The van der Waals surface area contributed by atoms with E-state index in [9.17, 15) is 39.3 Å². The van der Waals surface area contributed by atoms with Crippen molar-refractivity contribution in [3.8, 4) is 0 Å². The van der Waals surface area contributed by atoms with Crippen molar-refractivity contribution in [2.24, 2.45) is 35.3 Å². The van der Waals surface area contributed by atoms with Crippen molar-refractivity contribution in [3.05, 3.63) is 47.6 Å². The molecule has 0 unspecified atom stereocenters. The summed E-state index contributed by atoms with van der Waals surface area (Å²) in [5, 5.41) is 38.5. The van der Waals surface area contributed by atoms with Crippen LogP contribution >= 0.6 is 0 Å². The molecular formula is C57H92N4O14. The van der Waals surface area contributed by atoms with Crippen LogP contribution in [0.15, 0.2) is 47.6 Å². The molecule has 75 heavy (non-hydrogen) atoms. The summed E-state index contributed by atoms with van der Waals surface area (Å²) in [6.45, 7) is 12.7. The number of esters is 1. The molecular weight excluding hydrogens is 965 g/mol. The molecule has 18 heteroatoms. The van der Waals surface area contributed by atoms with Gasteiger partial charge in [0, 0.05) is 70.6 Å². The van der Waals surface area contributed by atoms with E-state index in [0.717, 1.165) is 31.5 Å². The van der Waals surface area contributed by atoms with Crippen LogP contribution < -0.4 is 11.1 Å². The molecule has 4 fully saturated rings. The van der Waals surface area contributed by atoms with Gasteiger partial charge in [-0.15, -0.1) is 0 Å². The van der Waals surface area contributed by atoms with Crippen LogP contribution in [0.4, 0.5) is 4.79 Å². The molecule has 16 atom stereocenters. The van der Waals surface area contributed by atoms with Crippen molar-refractivity contribution in [1.29, 1.82) is 0 Å². The second kappa shape index (κ2) is 29.2. The van der Waals surface area contributed by atoms with Crippen molar-refractivity contribution in [2.45, 2.75) is 204 Å². The number of likely N-dealkylation sites (tertiary alicyclic amines) is 1. The third-order valence-corrected chi connectivity index (χ3v) is 16.7. The van der Waals surface area contributed by atoms with Gasteiger partial charge in [-0.2, -0.15) is 0 Å². The Kier molecular flexibility index (Phi) is 24.2. The highest BCUT2D eigenvalue weighted by atomic mass is 16.6. The molecule has 424 valence electrons. The number of rotatable bonds is 8. The summed E-state index contributed by atoms with van der Waals surface area (Å²) in [6.07, 6.45) is 10.5. The van der Waals surface area contributed by atoms with Crippen molar-refractivity contribution < 1.29 is 67.7 Å². The van der Waals surface area contributed by atoms with Gasteiger partial charge in [-0.3, -0.25) is 14.4 Å². The number of hydrogen-bond acceptors (Lipinski definition) is 16. The summed E-state index contributed by atoms with van der Waals surface area (Å²) in [6, 6.07) is -1.99. The number of hydrogen-bond donors (Lipinski definition) is 5. The zero-order chi connectivity index (χ0) is 55.1. The summed E-state index contributed by atoms with van der Waals surface area (Å²) in [5.41, 5.74) is 8.31. The largest absolute Gasteiger partial charge is 0.459 e. The van der Waals surface area contributed by atoms with Gasteiger partial charge in [-0.05, 0) is 134 Å². The summed E-state index contributed by atoms with van der Waals surface area (Å²) < 4.78 is 35.7. The van der Waals surface area contributed by atoms with Crippen molar-refractivity contribution in [2.75, 3.05) is 48.0 Å². The van der Waals surface area contributed by atoms with E-state index in [-0.39, 0.29) is 43.0 Å². The molecule has 0 spiro atoms. The number of allylic oxidation sites excluding steroid dienone is 5. The Labute approximate surface area is 446 Å². The summed E-state index contributed by atoms with van der Waals surface area (Å²) >= 11 is 0. The van der Waals surface area contributed by atoms with Crippen molar-refractivity contribution in [1.82, 2.24) is 15.1 Å². The minimum absolute atomic E-state index is 0.00804. The lowest BCUT2D eigenvalue weighted by atomic mass is 9.80. The van der Waals surface area contributed by atoms with E-state index in [2.05, 4.69) is 17.3 Å². The van der Waals surface area contributed by atoms with Gasteiger partial charge >= 0.3 is 12.1 Å². The first-order valence-electron chi connectivity index (χ1n) is 27.7. The quantitative estimate of drug-likeness (QED) is 0.115. The van der Waals surface area contributed by atoms with Crippen LogP contribution in [-0.2, 0) is 47.6 Å². The predicted octanol–water partition coefficient (Wildman–Crippen LogP) is 5.49. The number of piperidine rings is 2. The molecule has 1 saturated carbocycles. The average Bonchev–Trinajstić information content (AvgIpc) is 3.38. The molecule has 4 aliphatic heterocycles. The number of nitrogens with zero attached hydrogens (tertiary/aromatic N) is 2. The van der Waals surface area contributed by atoms with Crippen LogP contribution in [0, 0.1) is 29.6 Å². The fourth-order valence-electron chi connectivity index (χ4n) is 11.6. The standard InChI is InChI=1S/C57H92N4O14/c1-34-16-12-11-13-17-35(2)47(70-8)32-42-21-19-39(6)57(69,75-42)53(65)54(66)61-25-15-14-18-44(61)55(67)73-48(33-45(62)36(3)29-38(5)51(64)52(72-10)50(63)37(4)28-34)43(58)30-40-20-22-46(49(31-40)71-9)74-56(68)59-41-23-26-60(7)27-24-41/h11-13,16-17,29,34,36-37,39-49,51-52,62,64,69H,14-15,18-28,30-33,58H2,1-10H3,(H,59,68)/b13-11+,16-12+,35-17+,38-29+/t34-,36-,37-,39-,40+,42+,43-,44+,45-,46-,47+,48+,49-,51-,52+,57-/m1/s1. The molecule has 1 aliphatic carbocycles. The molecule has 0 aromatic carbocycles. The number of cyclic esters (lactones) is 1. The first-order valence-corrected chi connectivity index (χ1v) is 27.7. The SMILES string of the molecule is CO[C@H]1C[C@@H]2CC[C@@H](C)[C@@](O)(O2)C(=O)C(=O)N2CCCC[C@H]2C(=O)O[C@H]([C@H](N)C[C@@H]2CC[C@@H](OC(=O)NC3CCN(C)CC3)[C@H](OC)C2)C[C@@H](O)[C@H](C)/C=C(\C)[C@@H](O)[C@@H](OC)C(=O)[C@H](C)C[C@H](C)/C=C/C=C/C=C/1C. The smallest absolute Gasteiger partial charge is 0.407 e. The van der Waals surface area contributed by atoms with Crippen molar-refractivity contribution in [3.63, 3.8) is 0 Å². The highest BCUT2D eigenvalue weighted by molar-refractivity contribution is 6.39. The Morgan fingerprint density at radius 2 is 1.56 bits per heavy atom. The zero-order valence-electron chi connectivity index (χ0n) is 46.5. The number of nitrogens with two attached hydrogens (primary N) is 1. The molecule has 0 aromatic rings. The predicted molar refractivity (Wildman–Crippen MR) is 283 cm³/mol. The lowest BCUT2D eigenvalue weighted by molar-refractivity contribution is -0.265. The Hall–Kier alpha value is -3.85. The van der Waals surface area contributed by atoms with Crippen LogP contribution in [0.5, 0.6) is 0 Å². The third-order valence-electron chi connectivity index (χ3n) is 16.7. The first kappa shape index (κ1) is 62.0. The molecule has 0 radical (unpaired) electrons. The number of carbonyl (C=O) groups is 5. The molecule has 18 nitrogen and oxygen atoms in total. The number of nitrogens with one attached hydrogen (secondary N) is 1. The Bertz CT molecular complexity index is 2020. The van der Waals surface area contributed by atoms with E-state index in [4.69, 9.17) is 34.2 Å². The van der Waals surface area contributed by atoms with Gasteiger partial charge in [-0.25, -0.2) is 9.59 Å². The van der Waals surface area contributed by atoms with Gasteiger partial charge in [0.05, 0.1) is 24.4 Å². The lowest BCUT2D eigenvalue weighted by Crippen LogP contribution is -2.61. The minimum atomic E-state index is -2.46. The third kappa shape index (κ3) is 17.1. The number of fused-ring (bicyclic) bond motifs is 3. The van der Waals surface area contributed by atoms with E-state index in [0.29, 0.717) is 69.8 Å². The monoisotopic (exact) mass is 1060 g/mol. The van der Waals surface area contributed by atoms with Gasteiger partial charge in [0.2, 0.25) is 5.79 Å². The van der Waals surface area contributed by atoms with Gasteiger partial charge in [0.25, 0.3) is 11.7 Å². The molecule has 5 aliphatic rings. The summed E-state index contributed by atoms with van der Waals surface area (Å²) in [4.78, 5) is 73.5. The number of carbonyl (C=O) groups excluding carboxylic acids is 5. The maximum atomic E-state index is 14.6. The first-order chi connectivity index (χ1) is 35.6. The Balaban J connectivity index is 1.42. The molecule has 5 rings (SSSR count). The van der Waals surface area contributed by atoms with E-state index >= 15 is 0 Å². The Morgan fingerprint density at radius 3 is 2.24 bits per heavy atom. The van der Waals surface area contributed by atoms with Gasteiger partial charge in [-0.1, -0.05) is 64.2 Å². The van der Waals surface area contributed by atoms with Crippen LogP contribution in [0.2, 0.25) is 0 Å². The number of alkyl carbamates (subject to hydrolysis) is 1. The van der Waals surface area contributed by atoms with E-state index in [1.807, 2.05) is 51.2 Å². The number of aliphatic hydroxyl groups is 3. The van der Waals surface area contributed by atoms with Gasteiger partial charge < -0.3 is 64.6 Å². The summed E-state index contributed by atoms with van der Waals surface area (Å²) in [7, 11) is 6.59. The fourth-order valence-corrected chi connectivity index (χ4v) is 11.6. The molecule has 2 amide bonds. The second-order valence-electron chi connectivity index (χ2n) is 22.6. The Morgan fingerprint density at radius 1 is 0.840 bits per heavy atom. The molecule has 2 bridgehead atoms. The maximum absolute atomic E-state index is 14.6. The maximum Gasteiger partial charge on any atom is 0.407 e. The van der Waals surface area contributed by atoms with Crippen LogP contribution in [0.3, 0.4) is 0 Å². The molecule has 0 aromatic heterocycles. The lowest BCUT2D eigenvalue weighted by Gasteiger charge is -2.42. The second-order valence-corrected chi connectivity index (χ2v) is 22.6. The topological polar surface area (TPSA) is 246 Å². The van der Waals surface area contributed by atoms with Crippen molar-refractivity contribution >= 4 is 29.5 Å². The van der Waals surface area contributed by atoms with E-state index in [1.165, 1.54) is 12.0 Å². The molecule has 3 saturated heterocycles. The number of methoxy groups -OCH3 is 3. The van der Waals surface area contributed by atoms with E-state index in [1.54, 1.807) is 41.1 Å². The van der Waals surface area contributed by atoms with Crippen LogP contribution in [0.25, 0.3) is 0 Å². The fraction of sp³-hybridized carbons (Fsp3) is 0.772. The number of amides is 2. The van der Waals surface area contributed by atoms with Gasteiger partial charge in [0.15, 0.2) is 5.78 Å². The van der Waals surface area contributed by atoms with Crippen LogP contribution in [-0.4, -0.2) is 175 Å². The highest BCUT2D eigenvalue weighted by Gasteiger charge is 2.53. The molecule has 4 heterocycles. The number of aliphatic hydroxyl groups excluding tert-OH is 2. The highest BCUT2D eigenvalue weighted by Crippen LogP contribution is 2.38. The zero-order valence-corrected chi connectivity index (χ0v) is 46.5. The van der Waals surface area contributed by atoms with Crippen LogP contribution in [0.1, 0.15) is 131 Å². The average molecular weight is 1060 g/mol. The molecule has 6 N–H and O–H groups in total. The normalized spacial score (nSPS) is 39.2. The number of ether oxygens (including phenoxy) is 6. The number of Topliss-reactive ketones (excluding diaryl/α,β-unsaturated/α-hetero) is 2. The summed E-state index contributed by atoms with van der Waals surface area (Å²) in [5.74, 6) is -7.58. The number of ketones is 2.